The largest absolute Gasteiger partial charge is 0.496 e. The number of ether oxygens (including phenoxy) is 1. The van der Waals surface area contributed by atoms with E-state index < -0.39 is 0 Å². The van der Waals surface area contributed by atoms with E-state index in [2.05, 4.69) is 10.3 Å². The number of rotatable bonds is 6. The molecule has 0 aliphatic rings. The fourth-order valence-electron chi connectivity index (χ4n) is 3.15. The maximum atomic E-state index is 12.5. The van der Waals surface area contributed by atoms with Crippen molar-refractivity contribution >= 4 is 16.9 Å². The zero-order chi connectivity index (χ0) is 19.4. The highest BCUT2D eigenvalue weighted by Crippen LogP contribution is 2.17. The van der Waals surface area contributed by atoms with E-state index >= 15 is 0 Å². The Morgan fingerprint density at radius 2 is 2.00 bits per heavy atom. The summed E-state index contributed by atoms with van der Waals surface area (Å²) in [6, 6.07) is 13.0. The van der Waals surface area contributed by atoms with Crippen molar-refractivity contribution in [3.05, 3.63) is 69.6 Å². The molecule has 3 rings (SSSR count). The average Bonchev–Trinajstić information content (AvgIpc) is 2.69. The van der Waals surface area contributed by atoms with Crippen molar-refractivity contribution in [3.63, 3.8) is 0 Å². The lowest BCUT2D eigenvalue weighted by molar-refractivity contribution is 0.0954. The predicted octanol–water partition coefficient (Wildman–Crippen LogP) is 2.71. The lowest BCUT2D eigenvalue weighted by Crippen LogP contribution is -2.26. The van der Waals surface area contributed by atoms with Crippen molar-refractivity contribution in [1.82, 2.24) is 14.9 Å². The lowest BCUT2D eigenvalue weighted by atomic mass is 10.1. The van der Waals surface area contributed by atoms with Crippen LogP contribution in [-0.2, 0) is 13.0 Å². The van der Waals surface area contributed by atoms with Gasteiger partial charge in [-0.3, -0.25) is 9.59 Å². The number of hydrogen-bond acceptors (Lipinski definition) is 4. The van der Waals surface area contributed by atoms with Crippen LogP contribution >= 0.6 is 0 Å². The van der Waals surface area contributed by atoms with Gasteiger partial charge < -0.3 is 14.6 Å². The first-order valence-electron chi connectivity index (χ1n) is 8.96. The second-order valence-corrected chi connectivity index (χ2v) is 6.27. The summed E-state index contributed by atoms with van der Waals surface area (Å²) in [5.41, 5.74) is 3.28. The first kappa shape index (κ1) is 18.6. The number of para-hydroxylation sites is 1. The number of benzene rings is 2. The van der Waals surface area contributed by atoms with Gasteiger partial charge in [0.05, 0.1) is 18.1 Å². The average molecular weight is 365 g/mol. The van der Waals surface area contributed by atoms with Gasteiger partial charge in [-0.05, 0) is 50.1 Å². The first-order valence-corrected chi connectivity index (χ1v) is 8.96. The summed E-state index contributed by atoms with van der Waals surface area (Å²) in [6.07, 6.45) is 0.677. The Bertz CT molecular complexity index is 1040. The topological polar surface area (TPSA) is 73.2 Å². The first-order chi connectivity index (χ1) is 13.0. The third-order valence-corrected chi connectivity index (χ3v) is 4.56. The summed E-state index contributed by atoms with van der Waals surface area (Å²) in [4.78, 5) is 29.0. The Kier molecular flexibility index (Phi) is 5.54. The van der Waals surface area contributed by atoms with Crippen LogP contribution in [-0.4, -0.2) is 29.1 Å². The summed E-state index contributed by atoms with van der Waals surface area (Å²) >= 11 is 0. The molecular weight excluding hydrogens is 342 g/mol. The summed E-state index contributed by atoms with van der Waals surface area (Å²) in [7, 11) is 1.64. The van der Waals surface area contributed by atoms with Crippen molar-refractivity contribution in [2.24, 2.45) is 0 Å². The van der Waals surface area contributed by atoms with E-state index in [0.717, 1.165) is 16.8 Å². The molecule has 0 unspecified atom stereocenters. The van der Waals surface area contributed by atoms with Crippen molar-refractivity contribution in [2.45, 2.75) is 26.8 Å². The summed E-state index contributed by atoms with van der Waals surface area (Å²) in [5, 5.41) is 2.93. The molecule has 0 spiro atoms. The predicted molar refractivity (Wildman–Crippen MR) is 105 cm³/mol. The molecule has 0 bridgehead atoms. The van der Waals surface area contributed by atoms with E-state index in [4.69, 9.17) is 4.74 Å². The Balaban J connectivity index is 1.76. The molecule has 6 heteroatoms. The standard InChI is InChI=1S/C21H23N3O3/c1-4-24-18-10-9-16(13-17(18)23-14(2)21(24)26)20(25)22-12-11-15-7-5-6-8-19(15)27-3/h5-10,13H,4,11-12H2,1-3H3,(H,22,25). The zero-order valence-corrected chi connectivity index (χ0v) is 15.8. The number of amides is 1. The second-order valence-electron chi connectivity index (χ2n) is 6.27. The Morgan fingerprint density at radius 1 is 1.22 bits per heavy atom. The van der Waals surface area contributed by atoms with Gasteiger partial charge in [-0.1, -0.05) is 18.2 Å². The van der Waals surface area contributed by atoms with Gasteiger partial charge in [0.2, 0.25) is 0 Å². The van der Waals surface area contributed by atoms with E-state index in [0.29, 0.717) is 36.3 Å². The molecule has 6 nitrogen and oxygen atoms in total. The minimum atomic E-state index is -0.166. The number of methoxy groups -OCH3 is 1. The summed E-state index contributed by atoms with van der Waals surface area (Å²) < 4.78 is 7.00. The molecule has 3 aromatic rings. The number of aryl methyl sites for hydroxylation is 2. The van der Waals surface area contributed by atoms with Gasteiger partial charge in [0.25, 0.3) is 11.5 Å². The van der Waals surface area contributed by atoms with E-state index in [-0.39, 0.29) is 11.5 Å². The van der Waals surface area contributed by atoms with E-state index in [9.17, 15) is 9.59 Å². The smallest absolute Gasteiger partial charge is 0.272 e. The highest BCUT2D eigenvalue weighted by molar-refractivity contribution is 5.97. The monoisotopic (exact) mass is 365 g/mol. The highest BCUT2D eigenvalue weighted by atomic mass is 16.5. The maximum Gasteiger partial charge on any atom is 0.272 e. The lowest BCUT2D eigenvalue weighted by Gasteiger charge is -2.11. The fourth-order valence-corrected chi connectivity index (χ4v) is 3.15. The van der Waals surface area contributed by atoms with Crippen LogP contribution in [0.1, 0.15) is 28.5 Å². The maximum absolute atomic E-state index is 12.5. The number of hydrogen-bond donors (Lipinski definition) is 1. The Labute approximate surface area is 157 Å². The van der Waals surface area contributed by atoms with Crippen LogP contribution in [0.25, 0.3) is 11.0 Å². The number of carbonyl (C=O) groups excluding carboxylic acids is 1. The van der Waals surface area contributed by atoms with Gasteiger partial charge >= 0.3 is 0 Å². The SMILES string of the molecule is CCn1c(=O)c(C)nc2cc(C(=O)NCCc3ccccc3OC)ccc21. The van der Waals surface area contributed by atoms with E-state index in [1.165, 1.54) is 0 Å². The summed E-state index contributed by atoms with van der Waals surface area (Å²) in [5.74, 6) is 0.648. The number of aromatic nitrogens is 2. The van der Waals surface area contributed by atoms with Crippen molar-refractivity contribution in [1.29, 1.82) is 0 Å². The van der Waals surface area contributed by atoms with Crippen LogP contribution in [0.15, 0.2) is 47.3 Å². The van der Waals surface area contributed by atoms with Crippen molar-refractivity contribution in [2.75, 3.05) is 13.7 Å². The highest BCUT2D eigenvalue weighted by Gasteiger charge is 2.11. The number of nitrogens with one attached hydrogen (secondary N) is 1. The van der Waals surface area contributed by atoms with Gasteiger partial charge in [-0.25, -0.2) is 4.98 Å². The molecule has 0 atom stereocenters. The molecule has 0 fully saturated rings. The molecule has 1 amide bonds. The van der Waals surface area contributed by atoms with Crippen LogP contribution < -0.4 is 15.6 Å². The number of nitrogens with zero attached hydrogens (tertiary/aromatic N) is 2. The molecule has 0 aliphatic carbocycles. The molecule has 2 aromatic carbocycles. The fraction of sp³-hybridized carbons (Fsp3) is 0.286. The normalized spacial score (nSPS) is 10.8. The van der Waals surface area contributed by atoms with Crippen molar-refractivity contribution < 1.29 is 9.53 Å². The van der Waals surface area contributed by atoms with Crippen LogP contribution in [0.2, 0.25) is 0 Å². The van der Waals surface area contributed by atoms with Gasteiger partial charge in [-0.15, -0.1) is 0 Å². The molecule has 1 heterocycles. The molecule has 0 radical (unpaired) electrons. The van der Waals surface area contributed by atoms with Gasteiger partial charge in [0.1, 0.15) is 11.4 Å². The quantitative estimate of drug-likeness (QED) is 0.729. The number of fused-ring (bicyclic) bond motifs is 1. The minimum Gasteiger partial charge on any atom is -0.496 e. The molecule has 1 aromatic heterocycles. The Hall–Kier alpha value is -3.15. The molecule has 0 saturated carbocycles. The minimum absolute atomic E-state index is 0.0981. The van der Waals surface area contributed by atoms with Crippen LogP contribution in [0.3, 0.4) is 0 Å². The van der Waals surface area contributed by atoms with Gasteiger partial charge in [-0.2, -0.15) is 0 Å². The zero-order valence-electron chi connectivity index (χ0n) is 15.8. The Morgan fingerprint density at radius 3 is 2.74 bits per heavy atom. The van der Waals surface area contributed by atoms with E-state index in [1.807, 2.05) is 31.2 Å². The molecule has 0 aliphatic heterocycles. The van der Waals surface area contributed by atoms with Crippen molar-refractivity contribution in [3.8, 4) is 5.75 Å². The third-order valence-electron chi connectivity index (χ3n) is 4.56. The summed E-state index contributed by atoms with van der Waals surface area (Å²) in [6.45, 7) is 4.66. The molecule has 0 saturated heterocycles. The second kappa shape index (κ2) is 8.03. The number of carbonyl (C=O) groups is 1. The van der Waals surface area contributed by atoms with Crippen LogP contribution in [0, 0.1) is 6.92 Å². The van der Waals surface area contributed by atoms with Crippen LogP contribution in [0.4, 0.5) is 0 Å². The van der Waals surface area contributed by atoms with E-state index in [1.54, 1.807) is 36.8 Å². The van der Waals surface area contributed by atoms with Crippen LogP contribution in [0.5, 0.6) is 5.75 Å². The molecule has 1 N–H and O–H groups in total. The van der Waals surface area contributed by atoms with Gasteiger partial charge in [0, 0.05) is 18.7 Å². The van der Waals surface area contributed by atoms with Gasteiger partial charge in [0.15, 0.2) is 0 Å². The molecule has 140 valence electrons. The third kappa shape index (κ3) is 3.84. The molecule has 27 heavy (non-hydrogen) atoms. The molecular formula is C21H23N3O3.